The highest BCUT2D eigenvalue weighted by Crippen LogP contribution is 2.21. The number of hydrogen-bond donors (Lipinski definition) is 0. The maximum Gasteiger partial charge on any atom is 0.262 e. The van der Waals surface area contributed by atoms with Crippen LogP contribution in [-0.2, 0) is 16.1 Å². The molecule has 0 spiro atoms. The van der Waals surface area contributed by atoms with Crippen LogP contribution >= 0.6 is 23.4 Å². The van der Waals surface area contributed by atoms with Gasteiger partial charge in [0.15, 0.2) is 5.16 Å². The first-order valence-corrected chi connectivity index (χ1v) is 9.97. The van der Waals surface area contributed by atoms with Crippen LogP contribution in [0.15, 0.2) is 40.3 Å². The van der Waals surface area contributed by atoms with Gasteiger partial charge in [-0.05, 0) is 32.0 Å². The molecule has 1 heterocycles. The van der Waals surface area contributed by atoms with E-state index < -0.39 is 0 Å². The van der Waals surface area contributed by atoms with Crippen LogP contribution in [0.2, 0.25) is 5.02 Å². The number of ether oxygens (including phenoxy) is 1. The van der Waals surface area contributed by atoms with E-state index in [2.05, 4.69) is 11.6 Å². The van der Waals surface area contributed by atoms with E-state index >= 15 is 0 Å². The van der Waals surface area contributed by atoms with E-state index in [-0.39, 0.29) is 17.2 Å². The standard InChI is InChI=1S/C19H24ClN3O3S/c1-5-22(11-13(2)3)17(24)12-27-19-21-16-10-14(20)6-7-15(16)18(25)23(19)8-9-26-4/h6-7,10H,2,5,8-9,11-12H2,1,3-4H3. The number of fused-ring (bicyclic) bond motifs is 1. The molecule has 1 aromatic carbocycles. The van der Waals surface area contributed by atoms with Crippen LogP contribution in [0.25, 0.3) is 10.9 Å². The van der Waals surface area contributed by atoms with Gasteiger partial charge >= 0.3 is 0 Å². The van der Waals surface area contributed by atoms with Crippen LogP contribution in [0.3, 0.4) is 0 Å². The average Bonchev–Trinajstić information content (AvgIpc) is 2.63. The topological polar surface area (TPSA) is 64.4 Å². The molecule has 2 rings (SSSR count). The van der Waals surface area contributed by atoms with Gasteiger partial charge in [0.1, 0.15) is 0 Å². The molecule has 0 aliphatic rings. The van der Waals surface area contributed by atoms with Crippen molar-refractivity contribution in [1.82, 2.24) is 14.5 Å². The highest BCUT2D eigenvalue weighted by molar-refractivity contribution is 7.99. The van der Waals surface area contributed by atoms with Crippen molar-refractivity contribution in [3.05, 3.63) is 45.7 Å². The van der Waals surface area contributed by atoms with Gasteiger partial charge in [-0.15, -0.1) is 0 Å². The molecule has 0 saturated heterocycles. The van der Waals surface area contributed by atoms with Gasteiger partial charge in [-0.1, -0.05) is 35.5 Å². The van der Waals surface area contributed by atoms with Gasteiger partial charge in [0.05, 0.1) is 29.8 Å². The molecular formula is C19H24ClN3O3S. The summed E-state index contributed by atoms with van der Waals surface area (Å²) in [7, 11) is 1.58. The Hall–Kier alpha value is -1.83. The first kappa shape index (κ1) is 21.5. The maximum absolute atomic E-state index is 12.9. The lowest BCUT2D eigenvalue weighted by Crippen LogP contribution is -2.34. The number of hydrogen-bond acceptors (Lipinski definition) is 5. The number of likely N-dealkylation sites (N-methyl/N-ethyl adjacent to an activating group) is 1. The lowest BCUT2D eigenvalue weighted by molar-refractivity contribution is -0.127. The molecule has 2 aromatic rings. The zero-order valence-corrected chi connectivity index (χ0v) is 17.4. The molecule has 27 heavy (non-hydrogen) atoms. The van der Waals surface area contributed by atoms with Crippen LogP contribution in [0.1, 0.15) is 13.8 Å². The Labute approximate surface area is 168 Å². The molecule has 0 aliphatic heterocycles. The fourth-order valence-electron chi connectivity index (χ4n) is 2.58. The number of benzene rings is 1. The van der Waals surface area contributed by atoms with E-state index in [0.29, 0.717) is 47.3 Å². The number of nitrogens with zero attached hydrogens (tertiary/aromatic N) is 3. The minimum Gasteiger partial charge on any atom is -0.383 e. The van der Waals surface area contributed by atoms with Crippen molar-refractivity contribution in [1.29, 1.82) is 0 Å². The number of amides is 1. The van der Waals surface area contributed by atoms with Gasteiger partial charge in [-0.3, -0.25) is 14.2 Å². The first-order valence-electron chi connectivity index (χ1n) is 8.61. The summed E-state index contributed by atoms with van der Waals surface area (Å²) >= 11 is 7.28. The van der Waals surface area contributed by atoms with Gasteiger partial charge < -0.3 is 9.64 Å². The minimum atomic E-state index is -0.169. The van der Waals surface area contributed by atoms with Gasteiger partial charge in [-0.25, -0.2) is 4.98 Å². The van der Waals surface area contributed by atoms with Crippen molar-refractivity contribution < 1.29 is 9.53 Å². The summed E-state index contributed by atoms with van der Waals surface area (Å²) in [5, 5.41) is 1.48. The van der Waals surface area contributed by atoms with E-state index in [9.17, 15) is 9.59 Å². The molecule has 0 unspecified atom stereocenters. The summed E-state index contributed by atoms with van der Waals surface area (Å²) in [6.45, 7) is 9.53. The maximum atomic E-state index is 12.9. The van der Waals surface area contributed by atoms with E-state index in [1.165, 1.54) is 11.8 Å². The molecule has 0 bridgehead atoms. The van der Waals surface area contributed by atoms with Gasteiger partial charge in [0.25, 0.3) is 5.56 Å². The number of methoxy groups -OCH3 is 1. The Kier molecular flexibility index (Phi) is 7.89. The second-order valence-corrected chi connectivity index (χ2v) is 7.54. The van der Waals surface area contributed by atoms with Crippen LogP contribution in [-0.4, -0.2) is 52.9 Å². The lowest BCUT2D eigenvalue weighted by Gasteiger charge is -2.21. The lowest BCUT2D eigenvalue weighted by atomic mass is 10.2. The quantitative estimate of drug-likeness (QED) is 0.361. The van der Waals surface area contributed by atoms with Gasteiger partial charge in [0.2, 0.25) is 5.91 Å². The number of carbonyl (C=O) groups excluding carboxylic acids is 1. The Bertz CT molecular complexity index is 898. The predicted molar refractivity (Wildman–Crippen MR) is 111 cm³/mol. The largest absolute Gasteiger partial charge is 0.383 e. The monoisotopic (exact) mass is 409 g/mol. The van der Waals surface area contributed by atoms with Gasteiger partial charge in [-0.2, -0.15) is 0 Å². The number of rotatable bonds is 9. The highest BCUT2D eigenvalue weighted by Gasteiger charge is 2.16. The second-order valence-electron chi connectivity index (χ2n) is 6.16. The molecule has 0 atom stereocenters. The molecule has 8 heteroatoms. The highest BCUT2D eigenvalue weighted by atomic mass is 35.5. The molecule has 146 valence electrons. The fraction of sp³-hybridized carbons (Fsp3) is 0.421. The van der Waals surface area contributed by atoms with Crippen molar-refractivity contribution in [3.8, 4) is 0 Å². The molecule has 1 aromatic heterocycles. The fourth-order valence-corrected chi connectivity index (χ4v) is 3.68. The molecule has 0 aliphatic carbocycles. The van der Waals surface area contributed by atoms with Crippen molar-refractivity contribution in [2.45, 2.75) is 25.5 Å². The Morgan fingerprint density at radius 1 is 1.44 bits per heavy atom. The number of halogens is 1. The summed E-state index contributed by atoms with van der Waals surface area (Å²) in [5.41, 5.74) is 1.27. The van der Waals surface area contributed by atoms with E-state index in [4.69, 9.17) is 16.3 Å². The third-order valence-electron chi connectivity index (χ3n) is 3.92. The first-order chi connectivity index (χ1) is 12.9. The molecular weight excluding hydrogens is 386 g/mol. The summed E-state index contributed by atoms with van der Waals surface area (Å²) in [6.07, 6.45) is 0. The van der Waals surface area contributed by atoms with Crippen molar-refractivity contribution in [3.63, 3.8) is 0 Å². The summed E-state index contributed by atoms with van der Waals surface area (Å²) in [6, 6.07) is 4.99. The third kappa shape index (κ3) is 5.57. The normalized spacial score (nSPS) is 11.0. The smallest absolute Gasteiger partial charge is 0.262 e. The van der Waals surface area contributed by atoms with Crippen LogP contribution in [0, 0.1) is 0 Å². The molecule has 0 radical (unpaired) electrons. The van der Waals surface area contributed by atoms with E-state index in [0.717, 1.165) is 5.57 Å². The zero-order valence-electron chi connectivity index (χ0n) is 15.8. The molecule has 0 saturated carbocycles. The van der Waals surface area contributed by atoms with Crippen LogP contribution in [0.5, 0.6) is 0 Å². The Morgan fingerprint density at radius 3 is 2.81 bits per heavy atom. The van der Waals surface area contributed by atoms with Crippen molar-refractivity contribution >= 4 is 40.2 Å². The van der Waals surface area contributed by atoms with Crippen molar-refractivity contribution in [2.24, 2.45) is 0 Å². The summed E-state index contributed by atoms with van der Waals surface area (Å²) in [4.78, 5) is 31.7. The summed E-state index contributed by atoms with van der Waals surface area (Å²) < 4.78 is 6.66. The van der Waals surface area contributed by atoms with Gasteiger partial charge in [0, 0.05) is 25.2 Å². The van der Waals surface area contributed by atoms with Crippen LogP contribution in [0.4, 0.5) is 0 Å². The number of aromatic nitrogens is 2. The molecule has 0 fully saturated rings. The molecule has 0 N–H and O–H groups in total. The average molecular weight is 410 g/mol. The van der Waals surface area contributed by atoms with Crippen LogP contribution < -0.4 is 5.56 Å². The number of carbonyl (C=O) groups is 1. The zero-order chi connectivity index (χ0) is 20.0. The van der Waals surface area contributed by atoms with E-state index in [1.54, 1.807) is 34.8 Å². The summed E-state index contributed by atoms with van der Waals surface area (Å²) in [5.74, 6) is 0.163. The molecule has 6 nitrogen and oxygen atoms in total. The second kappa shape index (κ2) is 9.92. The Balaban J connectivity index is 2.33. The van der Waals surface area contributed by atoms with E-state index in [1.807, 2.05) is 13.8 Å². The predicted octanol–water partition coefficient (Wildman–Crippen LogP) is 3.21. The number of thioether (sulfide) groups is 1. The third-order valence-corrected chi connectivity index (χ3v) is 5.12. The van der Waals surface area contributed by atoms with Crippen molar-refractivity contribution in [2.75, 3.05) is 32.6 Å². The minimum absolute atomic E-state index is 0.0239. The SMILES string of the molecule is C=C(C)CN(CC)C(=O)CSc1nc2cc(Cl)ccc2c(=O)n1CCOC. The Morgan fingerprint density at radius 2 is 2.19 bits per heavy atom. The molecule has 1 amide bonds.